The lowest BCUT2D eigenvalue weighted by atomic mass is 10.1. The summed E-state index contributed by atoms with van der Waals surface area (Å²) in [4.78, 5) is 53.0. The Kier molecular flexibility index (Phi) is 4.58. The number of carbonyl (C=O) groups excluding carboxylic acids is 3. The number of anilines is 1. The molecule has 2 N–H and O–H groups in total. The average molecular weight is 356 g/mol. The van der Waals surface area contributed by atoms with Crippen molar-refractivity contribution in [1.82, 2.24) is 14.9 Å². The van der Waals surface area contributed by atoms with Crippen LogP contribution in [0.5, 0.6) is 0 Å². The minimum absolute atomic E-state index is 0.171. The van der Waals surface area contributed by atoms with E-state index < -0.39 is 11.9 Å². The summed E-state index contributed by atoms with van der Waals surface area (Å²) in [6, 6.07) is 4.18. The highest BCUT2D eigenvalue weighted by molar-refractivity contribution is 6.01. The first kappa shape index (κ1) is 17.8. The third kappa shape index (κ3) is 3.10. The molecular formula is C18H20N4O4. The Balaban J connectivity index is 2.12. The number of hydrogen-bond donors (Lipinski definition) is 2. The highest BCUT2D eigenvalue weighted by Gasteiger charge is 2.30. The second-order valence-corrected chi connectivity index (χ2v) is 6.65. The first-order valence-electron chi connectivity index (χ1n) is 8.46. The van der Waals surface area contributed by atoms with Crippen LogP contribution in [-0.2, 0) is 14.4 Å². The Bertz CT molecular complexity index is 977. The molecule has 1 saturated heterocycles. The van der Waals surface area contributed by atoms with Crippen LogP contribution in [0.4, 0.5) is 5.69 Å². The molecule has 1 aromatic carbocycles. The molecule has 3 rings (SSSR count). The fraction of sp³-hybridized carbons (Fsp3) is 0.389. The number of benzene rings is 1. The number of imide groups is 1. The lowest BCUT2D eigenvalue weighted by molar-refractivity contribution is -0.135. The molecule has 1 aliphatic rings. The van der Waals surface area contributed by atoms with E-state index in [2.05, 4.69) is 15.6 Å². The second kappa shape index (κ2) is 6.70. The van der Waals surface area contributed by atoms with Crippen molar-refractivity contribution in [3.05, 3.63) is 34.4 Å². The number of aromatic nitrogens is 2. The highest BCUT2D eigenvalue weighted by atomic mass is 16.2. The predicted octanol–water partition coefficient (Wildman–Crippen LogP) is 1.28. The highest BCUT2D eigenvalue weighted by Crippen LogP contribution is 2.23. The van der Waals surface area contributed by atoms with Crippen molar-refractivity contribution >= 4 is 34.3 Å². The molecule has 26 heavy (non-hydrogen) atoms. The molecule has 0 saturated carbocycles. The van der Waals surface area contributed by atoms with Crippen molar-refractivity contribution in [3.63, 3.8) is 0 Å². The number of aryl methyl sites for hydroxylation is 1. The van der Waals surface area contributed by atoms with Gasteiger partial charge in [0.15, 0.2) is 0 Å². The molecule has 136 valence electrons. The zero-order valence-corrected chi connectivity index (χ0v) is 14.8. The average Bonchev–Trinajstić information content (AvgIpc) is 2.57. The fourth-order valence-corrected chi connectivity index (χ4v) is 3.00. The van der Waals surface area contributed by atoms with E-state index in [0.717, 1.165) is 0 Å². The van der Waals surface area contributed by atoms with Gasteiger partial charge in [-0.05, 0) is 25.5 Å². The molecule has 1 unspecified atom stereocenters. The molecule has 0 spiro atoms. The van der Waals surface area contributed by atoms with Crippen LogP contribution in [0, 0.1) is 12.8 Å². The molecule has 1 atom stereocenters. The Morgan fingerprint density at radius 2 is 2.04 bits per heavy atom. The normalized spacial score (nSPS) is 17.5. The summed E-state index contributed by atoms with van der Waals surface area (Å²) in [7, 11) is 0. The van der Waals surface area contributed by atoms with Gasteiger partial charge in [0.05, 0.1) is 11.1 Å². The molecule has 8 nitrogen and oxygen atoms in total. The van der Waals surface area contributed by atoms with Crippen molar-refractivity contribution < 1.29 is 14.4 Å². The van der Waals surface area contributed by atoms with E-state index in [-0.39, 0.29) is 36.1 Å². The minimum Gasteiger partial charge on any atom is -0.324 e. The third-order valence-corrected chi connectivity index (χ3v) is 4.41. The van der Waals surface area contributed by atoms with Crippen LogP contribution in [0.3, 0.4) is 0 Å². The van der Waals surface area contributed by atoms with Crippen molar-refractivity contribution in [3.8, 4) is 0 Å². The molecule has 1 aromatic heterocycles. The summed E-state index contributed by atoms with van der Waals surface area (Å²) in [5, 5.41) is 5.34. The van der Waals surface area contributed by atoms with Gasteiger partial charge in [-0.25, -0.2) is 4.98 Å². The quantitative estimate of drug-likeness (QED) is 0.805. The summed E-state index contributed by atoms with van der Waals surface area (Å²) in [6.07, 6.45) is 0.424. The van der Waals surface area contributed by atoms with E-state index >= 15 is 0 Å². The van der Waals surface area contributed by atoms with Crippen LogP contribution >= 0.6 is 0 Å². The number of para-hydroxylation sites is 1. The van der Waals surface area contributed by atoms with Gasteiger partial charge in [-0.2, -0.15) is 0 Å². The van der Waals surface area contributed by atoms with Gasteiger partial charge in [0.25, 0.3) is 5.56 Å². The summed E-state index contributed by atoms with van der Waals surface area (Å²) in [5.41, 5.74) is 0.465. The standard InChI is InChI=1S/C18H20N4O4/c1-9(2)16(24)20-12-6-4-5-11-15(12)19-10(3)22(18(11)26)13-7-8-14(23)21-17(13)25/h4-6,9,13H,7-8H2,1-3H3,(H,20,24)(H,21,23,25). The molecule has 1 aliphatic heterocycles. The number of nitrogens with one attached hydrogen (secondary N) is 2. The lowest BCUT2D eigenvalue weighted by Crippen LogP contribution is -2.45. The van der Waals surface area contributed by atoms with Gasteiger partial charge < -0.3 is 5.32 Å². The Labute approximate surface area is 149 Å². The van der Waals surface area contributed by atoms with Gasteiger partial charge in [-0.3, -0.25) is 29.1 Å². The fourth-order valence-electron chi connectivity index (χ4n) is 3.00. The van der Waals surface area contributed by atoms with E-state index in [0.29, 0.717) is 22.4 Å². The van der Waals surface area contributed by atoms with Crippen molar-refractivity contribution in [2.75, 3.05) is 5.32 Å². The molecular weight excluding hydrogens is 336 g/mol. The Hall–Kier alpha value is -3.03. The topological polar surface area (TPSA) is 110 Å². The third-order valence-electron chi connectivity index (χ3n) is 4.41. The van der Waals surface area contributed by atoms with Crippen LogP contribution in [0.25, 0.3) is 10.9 Å². The van der Waals surface area contributed by atoms with Crippen molar-refractivity contribution in [1.29, 1.82) is 0 Å². The van der Waals surface area contributed by atoms with Crippen LogP contribution in [-0.4, -0.2) is 27.3 Å². The molecule has 3 amide bonds. The largest absolute Gasteiger partial charge is 0.324 e. The molecule has 1 fully saturated rings. The van der Waals surface area contributed by atoms with Gasteiger partial charge in [-0.15, -0.1) is 0 Å². The number of hydrogen-bond acceptors (Lipinski definition) is 5. The van der Waals surface area contributed by atoms with Crippen LogP contribution in [0.1, 0.15) is 38.6 Å². The van der Waals surface area contributed by atoms with Gasteiger partial charge in [0.1, 0.15) is 17.4 Å². The first-order chi connectivity index (χ1) is 12.3. The summed E-state index contributed by atoms with van der Waals surface area (Å²) in [6.45, 7) is 5.18. The van der Waals surface area contributed by atoms with Gasteiger partial charge in [0.2, 0.25) is 17.7 Å². The van der Waals surface area contributed by atoms with Crippen LogP contribution in [0.2, 0.25) is 0 Å². The Morgan fingerprint density at radius 3 is 2.69 bits per heavy atom. The number of piperidine rings is 1. The lowest BCUT2D eigenvalue weighted by Gasteiger charge is -2.24. The van der Waals surface area contributed by atoms with Gasteiger partial charge in [0, 0.05) is 12.3 Å². The maximum absolute atomic E-state index is 13.0. The monoisotopic (exact) mass is 356 g/mol. The maximum atomic E-state index is 13.0. The van der Waals surface area contributed by atoms with E-state index in [1.807, 2.05) is 0 Å². The van der Waals surface area contributed by atoms with Crippen molar-refractivity contribution in [2.45, 2.75) is 39.7 Å². The van der Waals surface area contributed by atoms with E-state index in [1.165, 1.54) is 4.57 Å². The molecule has 0 bridgehead atoms. The van der Waals surface area contributed by atoms with Crippen LogP contribution in [0.15, 0.2) is 23.0 Å². The van der Waals surface area contributed by atoms with E-state index in [9.17, 15) is 19.2 Å². The summed E-state index contributed by atoms with van der Waals surface area (Å²) in [5.74, 6) is -0.883. The van der Waals surface area contributed by atoms with Crippen LogP contribution < -0.4 is 16.2 Å². The molecule has 8 heteroatoms. The zero-order chi connectivity index (χ0) is 19.0. The second-order valence-electron chi connectivity index (χ2n) is 6.65. The van der Waals surface area contributed by atoms with Gasteiger partial charge in [-0.1, -0.05) is 19.9 Å². The van der Waals surface area contributed by atoms with E-state index in [1.54, 1.807) is 39.0 Å². The SMILES string of the molecule is Cc1nc2c(NC(=O)C(C)C)cccc2c(=O)n1C1CCC(=O)NC1=O. The minimum atomic E-state index is -0.772. The summed E-state index contributed by atoms with van der Waals surface area (Å²) >= 11 is 0. The van der Waals surface area contributed by atoms with Crippen molar-refractivity contribution in [2.24, 2.45) is 5.92 Å². The molecule has 2 heterocycles. The Morgan fingerprint density at radius 1 is 1.31 bits per heavy atom. The first-order valence-corrected chi connectivity index (χ1v) is 8.46. The number of carbonyl (C=O) groups is 3. The number of fused-ring (bicyclic) bond motifs is 1. The summed E-state index contributed by atoms with van der Waals surface area (Å²) < 4.78 is 1.32. The number of nitrogens with zero attached hydrogens (tertiary/aromatic N) is 2. The molecule has 2 aromatic rings. The number of amides is 3. The smallest absolute Gasteiger partial charge is 0.262 e. The number of rotatable bonds is 3. The van der Waals surface area contributed by atoms with Gasteiger partial charge >= 0.3 is 0 Å². The molecule has 0 aliphatic carbocycles. The van der Waals surface area contributed by atoms with E-state index in [4.69, 9.17) is 0 Å². The zero-order valence-electron chi connectivity index (χ0n) is 14.8. The predicted molar refractivity (Wildman–Crippen MR) is 95.6 cm³/mol. The maximum Gasteiger partial charge on any atom is 0.262 e. The molecule has 0 radical (unpaired) electrons.